The number of halogens is 2. The molecule has 2 aromatic rings. The summed E-state index contributed by atoms with van der Waals surface area (Å²) in [4.78, 5) is 7.99. The van der Waals surface area contributed by atoms with Gasteiger partial charge in [-0.05, 0) is 40.5 Å². The van der Waals surface area contributed by atoms with Gasteiger partial charge in [0.1, 0.15) is 16.5 Å². The van der Waals surface area contributed by atoms with Crippen molar-refractivity contribution in [1.29, 1.82) is 0 Å². The zero-order valence-corrected chi connectivity index (χ0v) is 11.2. The normalized spacial score (nSPS) is 12.2. The zero-order valence-electron chi connectivity index (χ0n) is 9.60. The number of nitrogens with zero attached hydrogens (tertiary/aromatic N) is 2. The average Bonchev–Trinajstić information content (AvgIpc) is 2.34. The number of aromatic nitrogens is 2. The molecule has 0 unspecified atom stereocenters. The second-order valence-electron chi connectivity index (χ2n) is 3.70. The van der Waals surface area contributed by atoms with Gasteiger partial charge in [0, 0.05) is 0 Å². The number of hydrogen-bond acceptors (Lipinski definition) is 4. The van der Waals surface area contributed by atoms with Gasteiger partial charge in [-0.3, -0.25) is 0 Å². The van der Waals surface area contributed by atoms with Gasteiger partial charge in [0.15, 0.2) is 5.82 Å². The van der Waals surface area contributed by atoms with Crippen LogP contribution in [0, 0.1) is 5.82 Å². The molecule has 94 valence electrons. The van der Waals surface area contributed by atoms with Crippen molar-refractivity contribution in [2.75, 3.05) is 5.73 Å². The minimum atomic E-state index is -0.369. The SMILES string of the molecule is C[C@@H](Oc1nc(Br)cnc1N)c1cccc(F)c1. The summed E-state index contributed by atoms with van der Waals surface area (Å²) in [6.45, 7) is 1.79. The minimum absolute atomic E-state index is 0.196. The van der Waals surface area contributed by atoms with E-state index in [1.807, 2.05) is 0 Å². The van der Waals surface area contributed by atoms with Crippen molar-refractivity contribution in [2.24, 2.45) is 0 Å². The van der Waals surface area contributed by atoms with Crippen LogP contribution < -0.4 is 10.5 Å². The van der Waals surface area contributed by atoms with Crippen LogP contribution in [0.5, 0.6) is 5.88 Å². The first-order chi connectivity index (χ1) is 8.56. The molecule has 0 saturated heterocycles. The lowest BCUT2D eigenvalue weighted by Crippen LogP contribution is -2.07. The Morgan fingerprint density at radius 3 is 2.94 bits per heavy atom. The molecule has 1 atom stereocenters. The van der Waals surface area contributed by atoms with Crippen molar-refractivity contribution < 1.29 is 9.13 Å². The molecular weight excluding hydrogens is 301 g/mol. The lowest BCUT2D eigenvalue weighted by molar-refractivity contribution is 0.217. The summed E-state index contributed by atoms with van der Waals surface area (Å²) in [5.41, 5.74) is 6.36. The van der Waals surface area contributed by atoms with Gasteiger partial charge in [-0.1, -0.05) is 12.1 Å². The van der Waals surface area contributed by atoms with Crippen LogP contribution in [0.15, 0.2) is 35.1 Å². The summed E-state index contributed by atoms with van der Waals surface area (Å²) in [6.07, 6.45) is 1.11. The van der Waals surface area contributed by atoms with Gasteiger partial charge in [-0.25, -0.2) is 14.4 Å². The van der Waals surface area contributed by atoms with Crippen LogP contribution in [0.1, 0.15) is 18.6 Å². The van der Waals surface area contributed by atoms with E-state index in [2.05, 4.69) is 25.9 Å². The maximum absolute atomic E-state index is 13.1. The molecule has 4 nitrogen and oxygen atoms in total. The molecule has 0 aliphatic rings. The van der Waals surface area contributed by atoms with Gasteiger partial charge < -0.3 is 10.5 Å². The van der Waals surface area contributed by atoms with E-state index in [1.54, 1.807) is 19.1 Å². The summed E-state index contributed by atoms with van der Waals surface area (Å²) in [7, 11) is 0. The Kier molecular flexibility index (Phi) is 3.76. The topological polar surface area (TPSA) is 61.0 Å². The van der Waals surface area contributed by atoms with E-state index in [4.69, 9.17) is 10.5 Å². The number of anilines is 1. The van der Waals surface area contributed by atoms with E-state index in [9.17, 15) is 4.39 Å². The van der Waals surface area contributed by atoms with Gasteiger partial charge in [0.2, 0.25) is 0 Å². The standard InChI is InChI=1S/C12H11BrFN3O/c1-7(8-3-2-4-9(14)5-8)18-12-11(15)16-6-10(13)17-12/h2-7H,1H3,(H2,15,16)/t7-/m1/s1. The second-order valence-corrected chi connectivity index (χ2v) is 4.51. The average molecular weight is 312 g/mol. The number of benzene rings is 1. The van der Waals surface area contributed by atoms with Gasteiger partial charge in [0.05, 0.1) is 6.20 Å². The van der Waals surface area contributed by atoms with Crippen LogP contribution in [-0.4, -0.2) is 9.97 Å². The first-order valence-corrected chi connectivity index (χ1v) is 6.05. The third-order valence-corrected chi connectivity index (χ3v) is 2.73. The fourth-order valence-electron chi connectivity index (χ4n) is 1.44. The Morgan fingerprint density at radius 1 is 1.44 bits per heavy atom. The highest BCUT2D eigenvalue weighted by Gasteiger charge is 2.12. The molecule has 1 aromatic carbocycles. The summed E-state index contributed by atoms with van der Waals surface area (Å²) in [6, 6.07) is 6.19. The molecule has 2 rings (SSSR count). The molecule has 0 aliphatic heterocycles. The highest BCUT2D eigenvalue weighted by molar-refractivity contribution is 9.10. The minimum Gasteiger partial charge on any atom is -0.467 e. The summed E-state index contributed by atoms with van der Waals surface area (Å²) in [5, 5.41) is 0. The molecule has 0 amide bonds. The van der Waals surface area contributed by atoms with E-state index in [1.165, 1.54) is 18.3 Å². The summed E-state index contributed by atoms with van der Waals surface area (Å²) < 4.78 is 19.2. The van der Waals surface area contributed by atoms with Crippen LogP contribution in [0.25, 0.3) is 0 Å². The first-order valence-electron chi connectivity index (χ1n) is 5.26. The van der Waals surface area contributed by atoms with Crippen molar-refractivity contribution in [2.45, 2.75) is 13.0 Å². The van der Waals surface area contributed by atoms with Crippen molar-refractivity contribution >= 4 is 21.7 Å². The highest BCUT2D eigenvalue weighted by atomic mass is 79.9. The van der Waals surface area contributed by atoms with Crippen LogP contribution >= 0.6 is 15.9 Å². The van der Waals surface area contributed by atoms with E-state index >= 15 is 0 Å². The Labute approximate surface area is 112 Å². The smallest absolute Gasteiger partial charge is 0.258 e. The molecule has 0 aliphatic carbocycles. The Hall–Kier alpha value is -1.69. The molecule has 2 N–H and O–H groups in total. The van der Waals surface area contributed by atoms with Crippen molar-refractivity contribution in [1.82, 2.24) is 9.97 Å². The quantitative estimate of drug-likeness (QED) is 0.946. The Balaban J connectivity index is 2.21. The predicted octanol–water partition coefficient (Wildman–Crippen LogP) is 3.10. The van der Waals surface area contributed by atoms with E-state index in [0.29, 0.717) is 10.2 Å². The Bertz CT molecular complexity index is 565. The lowest BCUT2D eigenvalue weighted by atomic mass is 10.1. The molecule has 1 heterocycles. The molecular formula is C12H11BrFN3O. The monoisotopic (exact) mass is 311 g/mol. The van der Waals surface area contributed by atoms with E-state index in [0.717, 1.165) is 0 Å². The predicted molar refractivity (Wildman–Crippen MR) is 69.6 cm³/mol. The molecule has 6 heteroatoms. The number of hydrogen-bond donors (Lipinski definition) is 1. The maximum Gasteiger partial charge on any atom is 0.258 e. The molecule has 0 bridgehead atoms. The molecule has 0 radical (unpaired) electrons. The molecule has 1 aromatic heterocycles. The first kappa shape index (κ1) is 12.8. The van der Waals surface area contributed by atoms with Crippen molar-refractivity contribution in [3.8, 4) is 5.88 Å². The zero-order chi connectivity index (χ0) is 13.1. The van der Waals surface area contributed by atoms with Gasteiger partial charge in [-0.2, -0.15) is 0 Å². The van der Waals surface area contributed by atoms with Gasteiger partial charge in [0.25, 0.3) is 5.88 Å². The van der Waals surface area contributed by atoms with Gasteiger partial charge in [-0.15, -0.1) is 0 Å². The Morgan fingerprint density at radius 2 is 2.22 bits per heavy atom. The van der Waals surface area contributed by atoms with Gasteiger partial charge >= 0.3 is 0 Å². The number of nitrogen functional groups attached to an aromatic ring is 1. The third kappa shape index (κ3) is 2.95. The van der Waals surface area contributed by atoms with Crippen molar-refractivity contribution in [3.05, 3.63) is 46.4 Å². The number of ether oxygens (including phenoxy) is 1. The van der Waals surface area contributed by atoms with Crippen LogP contribution in [0.2, 0.25) is 0 Å². The molecule has 18 heavy (non-hydrogen) atoms. The molecule has 0 fully saturated rings. The number of rotatable bonds is 3. The number of nitrogens with two attached hydrogens (primary N) is 1. The fourth-order valence-corrected chi connectivity index (χ4v) is 1.71. The second kappa shape index (κ2) is 5.30. The maximum atomic E-state index is 13.1. The van der Waals surface area contributed by atoms with E-state index < -0.39 is 0 Å². The molecule has 0 spiro atoms. The van der Waals surface area contributed by atoms with Crippen LogP contribution in [-0.2, 0) is 0 Å². The lowest BCUT2D eigenvalue weighted by Gasteiger charge is -2.15. The highest BCUT2D eigenvalue weighted by Crippen LogP contribution is 2.25. The summed E-state index contributed by atoms with van der Waals surface area (Å²) >= 11 is 3.18. The van der Waals surface area contributed by atoms with E-state index in [-0.39, 0.29) is 23.6 Å². The fraction of sp³-hybridized carbons (Fsp3) is 0.167. The van der Waals surface area contributed by atoms with Crippen LogP contribution in [0.4, 0.5) is 10.2 Å². The summed E-state index contributed by atoms with van der Waals surface area (Å²) in [5.74, 6) is 0.110. The third-order valence-electron chi connectivity index (χ3n) is 2.34. The largest absolute Gasteiger partial charge is 0.467 e. The molecule has 0 saturated carbocycles. The van der Waals surface area contributed by atoms with Crippen LogP contribution in [0.3, 0.4) is 0 Å². The van der Waals surface area contributed by atoms with Crippen molar-refractivity contribution in [3.63, 3.8) is 0 Å².